The number of hydrogen-bond donors (Lipinski definition) is 1. The zero-order valence-electron chi connectivity index (χ0n) is 12.7. The van der Waals surface area contributed by atoms with Gasteiger partial charge in [0.25, 0.3) is 5.56 Å². The fraction of sp³-hybridized carbons (Fsp3) is 0.167. The maximum absolute atomic E-state index is 12.0. The van der Waals surface area contributed by atoms with Crippen molar-refractivity contribution in [2.24, 2.45) is 0 Å². The van der Waals surface area contributed by atoms with Crippen molar-refractivity contribution >= 4 is 16.7 Å². The van der Waals surface area contributed by atoms with E-state index in [0.29, 0.717) is 16.5 Å². The molecule has 3 aromatic rings. The van der Waals surface area contributed by atoms with E-state index < -0.39 is 0 Å². The van der Waals surface area contributed by atoms with Gasteiger partial charge in [-0.3, -0.25) is 9.59 Å². The number of aromatic amines is 1. The number of nitrogens with one attached hydrogen (secondary N) is 1. The van der Waals surface area contributed by atoms with E-state index in [1.165, 1.54) is 0 Å². The SMILES string of the molecule is Cc1cccc(COC(=O)Cc2n[nH]c(=O)c3ccccc23)c1. The number of benzene rings is 2. The van der Waals surface area contributed by atoms with Crippen LogP contribution in [0.3, 0.4) is 0 Å². The average Bonchev–Trinajstić information content (AvgIpc) is 2.56. The van der Waals surface area contributed by atoms with E-state index in [9.17, 15) is 9.59 Å². The first kappa shape index (κ1) is 15.0. The second-order valence-electron chi connectivity index (χ2n) is 5.37. The van der Waals surface area contributed by atoms with Crippen LogP contribution in [0.1, 0.15) is 16.8 Å². The fourth-order valence-electron chi connectivity index (χ4n) is 2.46. The van der Waals surface area contributed by atoms with Crippen LogP contribution in [0.4, 0.5) is 0 Å². The Balaban J connectivity index is 1.73. The quantitative estimate of drug-likeness (QED) is 0.752. The number of carbonyl (C=O) groups excluding carboxylic acids is 1. The van der Waals surface area contributed by atoms with Gasteiger partial charge in [-0.15, -0.1) is 0 Å². The minimum absolute atomic E-state index is 0.0170. The predicted octanol–water partition coefficient (Wildman–Crippen LogP) is 2.52. The molecule has 0 spiro atoms. The first-order chi connectivity index (χ1) is 11.1. The van der Waals surface area contributed by atoms with E-state index in [-0.39, 0.29) is 24.6 Å². The van der Waals surface area contributed by atoms with Crippen LogP contribution >= 0.6 is 0 Å². The van der Waals surface area contributed by atoms with E-state index in [2.05, 4.69) is 10.2 Å². The van der Waals surface area contributed by atoms with Crippen LogP contribution in [-0.4, -0.2) is 16.2 Å². The van der Waals surface area contributed by atoms with E-state index in [1.807, 2.05) is 37.3 Å². The van der Waals surface area contributed by atoms with Crippen LogP contribution in [0.2, 0.25) is 0 Å². The highest BCUT2D eigenvalue weighted by Gasteiger charge is 2.11. The van der Waals surface area contributed by atoms with E-state index in [4.69, 9.17) is 4.74 Å². The molecule has 5 heteroatoms. The van der Waals surface area contributed by atoms with Crippen molar-refractivity contribution in [3.8, 4) is 0 Å². The summed E-state index contributed by atoms with van der Waals surface area (Å²) in [5.41, 5.74) is 2.30. The molecule has 3 rings (SSSR count). The summed E-state index contributed by atoms with van der Waals surface area (Å²) >= 11 is 0. The van der Waals surface area contributed by atoms with Crippen LogP contribution in [0.15, 0.2) is 53.3 Å². The van der Waals surface area contributed by atoms with Crippen molar-refractivity contribution < 1.29 is 9.53 Å². The second-order valence-corrected chi connectivity index (χ2v) is 5.37. The molecule has 1 N–H and O–H groups in total. The Morgan fingerprint density at radius 1 is 1.13 bits per heavy atom. The van der Waals surface area contributed by atoms with Gasteiger partial charge in [-0.1, -0.05) is 48.0 Å². The molecule has 1 aromatic heterocycles. The average molecular weight is 308 g/mol. The molecule has 0 fully saturated rings. The number of rotatable bonds is 4. The number of nitrogens with zero attached hydrogens (tertiary/aromatic N) is 1. The molecule has 0 aliphatic heterocycles. The molecule has 5 nitrogen and oxygen atoms in total. The number of aromatic nitrogens is 2. The second kappa shape index (κ2) is 6.44. The Kier molecular flexibility index (Phi) is 4.19. The molecule has 0 aliphatic carbocycles. The van der Waals surface area contributed by atoms with Crippen molar-refractivity contribution in [1.82, 2.24) is 10.2 Å². The van der Waals surface area contributed by atoms with Crippen LogP contribution in [0.5, 0.6) is 0 Å². The molecule has 23 heavy (non-hydrogen) atoms. The van der Waals surface area contributed by atoms with Gasteiger partial charge in [0.1, 0.15) is 6.61 Å². The Labute approximate surface area is 132 Å². The maximum atomic E-state index is 12.0. The van der Waals surface area contributed by atoms with E-state index in [1.54, 1.807) is 18.2 Å². The minimum atomic E-state index is -0.379. The van der Waals surface area contributed by atoms with Gasteiger partial charge in [0.05, 0.1) is 17.5 Å². The molecule has 0 radical (unpaired) electrons. The number of carbonyl (C=O) groups is 1. The highest BCUT2D eigenvalue weighted by Crippen LogP contribution is 2.13. The third-order valence-electron chi connectivity index (χ3n) is 3.57. The lowest BCUT2D eigenvalue weighted by molar-refractivity contribution is -0.144. The Morgan fingerprint density at radius 3 is 2.70 bits per heavy atom. The summed E-state index contributed by atoms with van der Waals surface area (Å²) < 4.78 is 5.30. The van der Waals surface area contributed by atoms with Gasteiger partial charge in [-0.25, -0.2) is 5.10 Å². The van der Waals surface area contributed by atoms with Crippen molar-refractivity contribution in [3.05, 3.63) is 75.7 Å². The summed E-state index contributed by atoms with van der Waals surface area (Å²) in [6.45, 7) is 2.21. The normalized spacial score (nSPS) is 10.7. The standard InChI is InChI=1S/C18H16N2O3/c1-12-5-4-6-13(9-12)11-23-17(21)10-16-14-7-2-3-8-15(14)18(22)20-19-16/h2-9H,10-11H2,1H3,(H,20,22). The number of H-pyrrole nitrogens is 1. The summed E-state index contributed by atoms with van der Waals surface area (Å²) in [7, 11) is 0. The molecule has 0 saturated heterocycles. The van der Waals surface area contributed by atoms with E-state index >= 15 is 0 Å². The first-order valence-corrected chi connectivity index (χ1v) is 7.31. The Hall–Kier alpha value is -2.95. The van der Waals surface area contributed by atoms with Crippen LogP contribution < -0.4 is 5.56 Å². The summed E-state index contributed by atoms with van der Waals surface area (Å²) in [5.74, 6) is -0.379. The maximum Gasteiger partial charge on any atom is 0.312 e. The van der Waals surface area contributed by atoms with Gasteiger partial charge in [0.2, 0.25) is 0 Å². The molecule has 0 unspecified atom stereocenters. The molecule has 0 bridgehead atoms. The third kappa shape index (κ3) is 3.45. The largest absolute Gasteiger partial charge is 0.461 e. The molecule has 0 amide bonds. The van der Waals surface area contributed by atoms with Crippen molar-refractivity contribution in [2.75, 3.05) is 0 Å². The summed E-state index contributed by atoms with van der Waals surface area (Å²) in [5, 5.41) is 7.58. The van der Waals surface area contributed by atoms with Crippen LogP contribution in [0, 0.1) is 6.92 Å². The van der Waals surface area contributed by atoms with E-state index in [0.717, 1.165) is 11.1 Å². The summed E-state index contributed by atoms with van der Waals surface area (Å²) in [4.78, 5) is 23.8. The van der Waals surface area contributed by atoms with Gasteiger partial charge in [0.15, 0.2) is 0 Å². The van der Waals surface area contributed by atoms with Gasteiger partial charge in [-0.2, -0.15) is 5.10 Å². The molecule has 1 heterocycles. The van der Waals surface area contributed by atoms with Crippen molar-refractivity contribution in [2.45, 2.75) is 20.0 Å². The molecule has 0 aliphatic rings. The molecule has 116 valence electrons. The molecule has 2 aromatic carbocycles. The molecule has 0 atom stereocenters. The monoisotopic (exact) mass is 308 g/mol. The number of ether oxygens (including phenoxy) is 1. The lowest BCUT2D eigenvalue weighted by Gasteiger charge is -2.07. The summed E-state index contributed by atoms with van der Waals surface area (Å²) in [6, 6.07) is 14.9. The zero-order chi connectivity index (χ0) is 16.2. The molecular formula is C18H16N2O3. The van der Waals surface area contributed by atoms with Crippen LogP contribution in [-0.2, 0) is 22.6 Å². The van der Waals surface area contributed by atoms with Gasteiger partial charge < -0.3 is 4.74 Å². The predicted molar refractivity (Wildman–Crippen MR) is 87.0 cm³/mol. The Bertz CT molecular complexity index is 915. The highest BCUT2D eigenvalue weighted by atomic mass is 16.5. The van der Waals surface area contributed by atoms with Gasteiger partial charge in [0, 0.05) is 5.39 Å². The van der Waals surface area contributed by atoms with Gasteiger partial charge in [-0.05, 0) is 18.6 Å². The number of hydrogen-bond acceptors (Lipinski definition) is 4. The summed E-state index contributed by atoms with van der Waals surface area (Å²) in [6.07, 6.45) is 0.0170. The zero-order valence-corrected chi connectivity index (χ0v) is 12.7. The number of esters is 1. The lowest BCUT2D eigenvalue weighted by Crippen LogP contribution is -2.15. The minimum Gasteiger partial charge on any atom is -0.461 e. The fourth-order valence-corrected chi connectivity index (χ4v) is 2.46. The number of aryl methyl sites for hydroxylation is 1. The van der Waals surface area contributed by atoms with Gasteiger partial charge >= 0.3 is 5.97 Å². The third-order valence-corrected chi connectivity index (χ3v) is 3.57. The smallest absolute Gasteiger partial charge is 0.312 e. The molecule has 0 saturated carbocycles. The first-order valence-electron chi connectivity index (χ1n) is 7.31. The Morgan fingerprint density at radius 2 is 1.91 bits per heavy atom. The number of fused-ring (bicyclic) bond motifs is 1. The van der Waals surface area contributed by atoms with Crippen molar-refractivity contribution in [3.63, 3.8) is 0 Å². The molecular weight excluding hydrogens is 292 g/mol. The highest BCUT2D eigenvalue weighted by molar-refractivity contribution is 5.86. The van der Waals surface area contributed by atoms with Crippen molar-refractivity contribution in [1.29, 1.82) is 0 Å². The lowest BCUT2D eigenvalue weighted by atomic mass is 10.1. The van der Waals surface area contributed by atoms with Crippen LogP contribution in [0.25, 0.3) is 10.8 Å². The topological polar surface area (TPSA) is 72.0 Å².